The molecular formula is C17H24N2O. The SMILES string of the molecule is CCN(C(=O)C1Cc2ccccc2N1)C1CCCCC1. The lowest BCUT2D eigenvalue weighted by Gasteiger charge is -2.35. The molecule has 1 aliphatic carbocycles. The second kappa shape index (κ2) is 5.86. The number of fused-ring (bicyclic) bond motifs is 1. The van der Waals surface area contributed by atoms with Crippen LogP contribution in [0.2, 0.25) is 0 Å². The number of anilines is 1. The number of carbonyl (C=O) groups is 1. The highest BCUT2D eigenvalue weighted by molar-refractivity contribution is 5.87. The standard InChI is InChI=1S/C17H24N2O/c1-2-19(14-9-4-3-5-10-14)17(20)16-12-13-8-6-7-11-15(13)18-16/h6-8,11,14,16,18H,2-5,9-10,12H2,1H3. The van der Waals surface area contributed by atoms with E-state index in [9.17, 15) is 4.79 Å². The fourth-order valence-electron chi connectivity index (χ4n) is 3.63. The number of rotatable bonds is 3. The predicted molar refractivity (Wildman–Crippen MR) is 81.8 cm³/mol. The number of nitrogens with zero attached hydrogens (tertiary/aromatic N) is 1. The highest BCUT2D eigenvalue weighted by Gasteiger charge is 2.32. The van der Waals surface area contributed by atoms with Crippen LogP contribution < -0.4 is 5.32 Å². The van der Waals surface area contributed by atoms with E-state index in [4.69, 9.17) is 0 Å². The van der Waals surface area contributed by atoms with E-state index in [-0.39, 0.29) is 11.9 Å². The van der Waals surface area contributed by atoms with E-state index in [1.165, 1.54) is 37.7 Å². The molecule has 1 aliphatic heterocycles. The summed E-state index contributed by atoms with van der Waals surface area (Å²) >= 11 is 0. The Morgan fingerprint density at radius 2 is 2.00 bits per heavy atom. The normalized spacial score (nSPS) is 22.1. The Morgan fingerprint density at radius 3 is 2.70 bits per heavy atom. The van der Waals surface area contributed by atoms with Crippen molar-refractivity contribution in [3.05, 3.63) is 29.8 Å². The first-order chi connectivity index (χ1) is 9.79. The van der Waals surface area contributed by atoms with Crippen molar-refractivity contribution in [2.45, 2.75) is 57.5 Å². The van der Waals surface area contributed by atoms with Crippen LogP contribution in [0.3, 0.4) is 0 Å². The van der Waals surface area contributed by atoms with E-state index in [0.717, 1.165) is 18.7 Å². The van der Waals surface area contributed by atoms with Crippen molar-refractivity contribution in [1.82, 2.24) is 4.90 Å². The Kier molecular flexibility index (Phi) is 3.95. The molecule has 1 aromatic rings. The monoisotopic (exact) mass is 272 g/mol. The molecule has 1 atom stereocenters. The minimum absolute atomic E-state index is 0.0609. The Hall–Kier alpha value is -1.51. The van der Waals surface area contributed by atoms with Gasteiger partial charge >= 0.3 is 0 Å². The third kappa shape index (κ3) is 2.54. The van der Waals surface area contributed by atoms with Crippen LogP contribution in [-0.4, -0.2) is 29.4 Å². The topological polar surface area (TPSA) is 32.3 Å². The average Bonchev–Trinajstić information content (AvgIpc) is 2.93. The molecule has 3 nitrogen and oxygen atoms in total. The number of likely N-dealkylation sites (N-methyl/N-ethyl adjacent to an activating group) is 1. The van der Waals surface area contributed by atoms with Crippen molar-refractivity contribution in [3.63, 3.8) is 0 Å². The maximum absolute atomic E-state index is 12.8. The van der Waals surface area contributed by atoms with Crippen LogP contribution in [0.4, 0.5) is 5.69 Å². The molecule has 3 heteroatoms. The largest absolute Gasteiger partial charge is 0.373 e. The fraction of sp³-hybridized carbons (Fsp3) is 0.588. The van der Waals surface area contributed by atoms with Gasteiger partial charge in [0.05, 0.1) is 0 Å². The minimum Gasteiger partial charge on any atom is -0.373 e. The number of nitrogens with one attached hydrogen (secondary N) is 1. The first kappa shape index (κ1) is 13.5. The summed E-state index contributed by atoms with van der Waals surface area (Å²) in [5.74, 6) is 0.288. The zero-order valence-electron chi connectivity index (χ0n) is 12.3. The van der Waals surface area contributed by atoms with E-state index in [1.807, 2.05) is 12.1 Å². The summed E-state index contributed by atoms with van der Waals surface area (Å²) in [6.45, 7) is 2.94. The second-order valence-electron chi connectivity index (χ2n) is 5.97. The van der Waals surface area contributed by atoms with Gasteiger partial charge in [-0.15, -0.1) is 0 Å². The number of amides is 1. The summed E-state index contributed by atoms with van der Waals surface area (Å²) in [5, 5.41) is 3.40. The second-order valence-corrected chi connectivity index (χ2v) is 5.97. The van der Waals surface area contributed by atoms with Crippen LogP contribution in [-0.2, 0) is 11.2 Å². The molecule has 20 heavy (non-hydrogen) atoms. The first-order valence-electron chi connectivity index (χ1n) is 7.94. The van der Waals surface area contributed by atoms with E-state index >= 15 is 0 Å². The number of carbonyl (C=O) groups excluding carboxylic acids is 1. The molecule has 0 saturated heterocycles. The molecule has 2 aliphatic rings. The Bertz CT molecular complexity index is 455. The molecule has 1 fully saturated rings. The summed E-state index contributed by atoms with van der Waals surface area (Å²) in [6, 6.07) is 8.66. The molecule has 1 amide bonds. The predicted octanol–water partition coefficient (Wildman–Crippen LogP) is 3.20. The van der Waals surface area contributed by atoms with Crippen molar-refractivity contribution in [3.8, 4) is 0 Å². The Balaban J connectivity index is 1.69. The molecule has 1 saturated carbocycles. The Morgan fingerprint density at radius 1 is 1.25 bits per heavy atom. The van der Waals surface area contributed by atoms with E-state index in [0.29, 0.717) is 6.04 Å². The van der Waals surface area contributed by atoms with Gasteiger partial charge in [-0.3, -0.25) is 4.79 Å². The molecule has 0 bridgehead atoms. The number of hydrogen-bond donors (Lipinski definition) is 1. The third-order valence-electron chi connectivity index (χ3n) is 4.71. The smallest absolute Gasteiger partial charge is 0.245 e. The molecule has 0 spiro atoms. The molecule has 1 heterocycles. The molecule has 1 aromatic carbocycles. The van der Waals surface area contributed by atoms with Gasteiger partial charge in [-0.1, -0.05) is 37.5 Å². The highest BCUT2D eigenvalue weighted by Crippen LogP contribution is 2.28. The van der Waals surface area contributed by atoms with Crippen molar-refractivity contribution < 1.29 is 4.79 Å². The summed E-state index contributed by atoms with van der Waals surface area (Å²) in [4.78, 5) is 14.9. The quantitative estimate of drug-likeness (QED) is 0.916. The Labute approximate surface area is 121 Å². The average molecular weight is 272 g/mol. The van der Waals surface area contributed by atoms with E-state index in [2.05, 4.69) is 29.3 Å². The van der Waals surface area contributed by atoms with Crippen LogP contribution >= 0.6 is 0 Å². The van der Waals surface area contributed by atoms with Crippen LogP contribution in [0.5, 0.6) is 0 Å². The third-order valence-corrected chi connectivity index (χ3v) is 4.71. The molecule has 1 unspecified atom stereocenters. The minimum atomic E-state index is -0.0609. The van der Waals surface area contributed by atoms with E-state index in [1.54, 1.807) is 0 Å². The fourth-order valence-corrected chi connectivity index (χ4v) is 3.63. The van der Waals surface area contributed by atoms with Crippen LogP contribution in [0.25, 0.3) is 0 Å². The van der Waals surface area contributed by atoms with E-state index < -0.39 is 0 Å². The maximum Gasteiger partial charge on any atom is 0.245 e. The molecule has 0 radical (unpaired) electrons. The zero-order valence-corrected chi connectivity index (χ0v) is 12.3. The molecule has 1 N–H and O–H groups in total. The van der Waals surface area contributed by atoms with Gasteiger partial charge < -0.3 is 10.2 Å². The lowest BCUT2D eigenvalue weighted by molar-refractivity contribution is -0.134. The lowest BCUT2D eigenvalue weighted by atomic mass is 9.93. The van der Waals surface area contributed by atoms with Crippen LogP contribution in [0.1, 0.15) is 44.6 Å². The summed E-state index contributed by atoms with van der Waals surface area (Å²) < 4.78 is 0. The van der Waals surface area contributed by atoms with Gasteiger partial charge in [0.15, 0.2) is 0 Å². The summed E-state index contributed by atoms with van der Waals surface area (Å²) in [6.07, 6.45) is 7.06. The van der Waals surface area contributed by atoms with Crippen molar-refractivity contribution in [2.75, 3.05) is 11.9 Å². The van der Waals surface area contributed by atoms with Gasteiger partial charge in [0.1, 0.15) is 6.04 Å². The molecule has 108 valence electrons. The van der Waals surface area contributed by atoms with Gasteiger partial charge in [-0.2, -0.15) is 0 Å². The summed E-state index contributed by atoms with van der Waals surface area (Å²) in [7, 11) is 0. The zero-order chi connectivity index (χ0) is 13.9. The van der Waals surface area contributed by atoms with Gasteiger partial charge in [0.2, 0.25) is 5.91 Å². The number of hydrogen-bond acceptors (Lipinski definition) is 2. The van der Waals surface area contributed by atoms with Gasteiger partial charge in [0, 0.05) is 24.7 Å². The van der Waals surface area contributed by atoms with Crippen LogP contribution in [0, 0.1) is 0 Å². The van der Waals surface area contributed by atoms with Crippen molar-refractivity contribution in [1.29, 1.82) is 0 Å². The number of para-hydroxylation sites is 1. The first-order valence-corrected chi connectivity index (χ1v) is 7.94. The molecule has 3 rings (SSSR count). The van der Waals surface area contributed by atoms with Gasteiger partial charge in [-0.25, -0.2) is 0 Å². The summed E-state index contributed by atoms with van der Waals surface area (Å²) in [5.41, 5.74) is 2.40. The van der Waals surface area contributed by atoms with Crippen LogP contribution in [0.15, 0.2) is 24.3 Å². The maximum atomic E-state index is 12.8. The lowest BCUT2D eigenvalue weighted by Crippen LogP contribution is -2.48. The van der Waals surface area contributed by atoms with Gasteiger partial charge in [0.25, 0.3) is 0 Å². The molecular weight excluding hydrogens is 248 g/mol. The van der Waals surface area contributed by atoms with Crippen molar-refractivity contribution >= 4 is 11.6 Å². The van der Waals surface area contributed by atoms with Crippen molar-refractivity contribution in [2.24, 2.45) is 0 Å². The van der Waals surface area contributed by atoms with Gasteiger partial charge in [-0.05, 0) is 31.4 Å². The number of benzene rings is 1. The molecule has 0 aromatic heterocycles. The highest BCUT2D eigenvalue weighted by atomic mass is 16.2.